The molecule has 2 N–H and O–H groups in total. The fourth-order valence-corrected chi connectivity index (χ4v) is 4.10. The zero-order chi connectivity index (χ0) is 17.8. The van der Waals surface area contributed by atoms with Gasteiger partial charge in [0.15, 0.2) is 0 Å². The molecule has 2 atom stereocenters. The molecule has 0 amide bonds. The van der Waals surface area contributed by atoms with E-state index in [2.05, 4.69) is 25.2 Å². The number of hydrogen-bond acceptors (Lipinski definition) is 4. The van der Waals surface area contributed by atoms with Crippen LogP contribution in [-0.2, 0) is 16.8 Å². The maximum Gasteiger partial charge on any atom is 0.335 e. The lowest BCUT2D eigenvalue weighted by Gasteiger charge is -2.48. The number of benzene rings is 2. The first-order valence-electron chi connectivity index (χ1n) is 8.35. The molecule has 130 valence electrons. The zero-order valence-electron chi connectivity index (χ0n) is 14.5. The molecular weight excluding hydrogens is 318 g/mol. The van der Waals surface area contributed by atoms with Crippen LogP contribution in [0.25, 0.3) is 0 Å². The summed E-state index contributed by atoms with van der Waals surface area (Å²) in [4.78, 5) is 11.4. The van der Waals surface area contributed by atoms with Crippen LogP contribution in [-0.4, -0.2) is 24.3 Å². The van der Waals surface area contributed by atoms with Crippen LogP contribution in [0, 0.1) is 0 Å². The molecule has 25 heavy (non-hydrogen) atoms. The van der Waals surface area contributed by atoms with Gasteiger partial charge in [0, 0.05) is 16.7 Å². The molecule has 0 fully saturated rings. The van der Waals surface area contributed by atoms with Crippen molar-refractivity contribution in [3.63, 3.8) is 0 Å². The van der Waals surface area contributed by atoms with E-state index in [9.17, 15) is 9.90 Å². The Hall–Kier alpha value is -2.53. The van der Waals surface area contributed by atoms with Crippen molar-refractivity contribution in [3.8, 4) is 5.75 Å². The number of nitrogens with one attached hydrogen (secondary N) is 1. The van der Waals surface area contributed by atoms with Crippen molar-refractivity contribution < 1.29 is 19.4 Å². The van der Waals surface area contributed by atoms with Gasteiger partial charge in [-0.05, 0) is 35.4 Å². The van der Waals surface area contributed by atoms with Gasteiger partial charge in [-0.25, -0.2) is 4.79 Å². The number of ether oxygens (including phenoxy) is 2. The Morgan fingerprint density at radius 1 is 1.32 bits per heavy atom. The Morgan fingerprint density at radius 2 is 2.12 bits per heavy atom. The number of methoxy groups -OCH3 is 1. The van der Waals surface area contributed by atoms with E-state index in [4.69, 9.17) is 9.47 Å². The highest BCUT2D eigenvalue weighted by atomic mass is 16.5. The Morgan fingerprint density at radius 3 is 2.84 bits per heavy atom. The largest absolute Gasteiger partial charge is 0.496 e. The van der Waals surface area contributed by atoms with Gasteiger partial charge in [-0.2, -0.15) is 0 Å². The van der Waals surface area contributed by atoms with E-state index >= 15 is 0 Å². The normalized spacial score (nSPS) is 22.8. The summed E-state index contributed by atoms with van der Waals surface area (Å²) in [6.07, 6.45) is -0.118. The fraction of sp³-hybridized carbons (Fsp3) is 0.350. The first kappa shape index (κ1) is 16.0. The van der Waals surface area contributed by atoms with Crippen LogP contribution in [0.15, 0.2) is 36.4 Å². The predicted octanol–water partition coefficient (Wildman–Crippen LogP) is 3.74. The summed E-state index contributed by atoms with van der Waals surface area (Å²) in [5.41, 5.74) is 4.11. The number of rotatable bonds is 2. The smallest absolute Gasteiger partial charge is 0.335 e. The zero-order valence-corrected chi connectivity index (χ0v) is 14.5. The third-order valence-corrected chi connectivity index (χ3v) is 5.39. The quantitative estimate of drug-likeness (QED) is 0.872. The van der Waals surface area contributed by atoms with E-state index in [-0.39, 0.29) is 17.6 Å². The molecule has 0 unspecified atom stereocenters. The maximum absolute atomic E-state index is 11.4. The first-order valence-corrected chi connectivity index (χ1v) is 8.35. The molecule has 2 aromatic rings. The highest BCUT2D eigenvalue weighted by molar-refractivity contribution is 5.89. The minimum atomic E-state index is -0.919. The molecule has 0 radical (unpaired) electrons. The maximum atomic E-state index is 11.4. The van der Waals surface area contributed by atoms with Crippen molar-refractivity contribution >= 4 is 11.7 Å². The number of aromatic carboxylic acids is 1. The number of carboxylic acids is 1. The van der Waals surface area contributed by atoms with Crippen molar-refractivity contribution in [2.45, 2.75) is 38.0 Å². The van der Waals surface area contributed by atoms with Crippen molar-refractivity contribution in [2.75, 3.05) is 12.4 Å². The molecule has 0 aliphatic carbocycles. The molecule has 2 heterocycles. The van der Waals surface area contributed by atoms with E-state index in [0.29, 0.717) is 12.2 Å². The fourth-order valence-electron chi connectivity index (χ4n) is 4.10. The van der Waals surface area contributed by atoms with Gasteiger partial charge < -0.3 is 19.9 Å². The summed E-state index contributed by atoms with van der Waals surface area (Å²) in [5, 5.41) is 12.9. The molecule has 0 bridgehead atoms. The van der Waals surface area contributed by atoms with Crippen molar-refractivity contribution in [1.82, 2.24) is 0 Å². The van der Waals surface area contributed by atoms with Gasteiger partial charge in [-0.3, -0.25) is 0 Å². The lowest BCUT2D eigenvalue weighted by Crippen LogP contribution is -2.49. The van der Waals surface area contributed by atoms with Crippen LogP contribution in [0.1, 0.15) is 46.9 Å². The number of fused-ring (bicyclic) bond motifs is 4. The average Bonchev–Trinajstić information content (AvgIpc) is 2.60. The second-order valence-corrected chi connectivity index (χ2v) is 7.17. The van der Waals surface area contributed by atoms with Crippen LogP contribution in [0.4, 0.5) is 5.69 Å². The Labute approximate surface area is 146 Å². The van der Waals surface area contributed by atoms with Gasteiger partial charge in [0.1, 0.15) is 5.75 Å². The van der Waals surface area contributed by atoms with Gasteiger partial charge in [-0.15, -0.1) is 0 Å². The van der Waals surface area contributed by atoms with Crippen LogP contribution in [0.3, 0.4) is 0 Å². The molecule has 2 aromatic carbocycles. The van der Waals surface area contributed by atoms with Crippen molar-refractivity contribution in [2.24, 2.45) is 0 Å². The highest BCUT2D eigenvalue weighted by Gasteiger charge is 2.47. The molecule has 2 aliphatic rings. The number of hydrogen-bond donors (Lipinski definition) is 2. The minimum absolute atomic E-state index is 0.0434. The molecule has 0 saturated heterocycles. The minimum Gasteiger partial charge on any atom is -0.496 e. The predicted molar refractivity (Wildman–Crippen MR) is 94.4 cm³/mol. The van der Waals surface area contributed by atoms with E-state index in [0.717, 1.165) is 28.1 Å². The molecule has 0 saturated carbocycles. The van der Waals surface area contributed by atoms with Gasteiger partial charge in [0.05, 0.1) is 31.4 Å². The van der Waals surface area contributed by atoms with E-state index in [1.165, 1.54) is 0 Å². The molecule has 2 aliphatic heterocycles. The van der Waals surface area contributed by atoms with Crippen molar-refractivity contribution in [3.05, 3.63) is 58.7 Å². The van der Waals surface area contributed by atoms with E-state index < -0.39 is 5.97 Å². The van der Waals surface area contributed by atoms with Gasteiger partial charge in [0.2, 0.25) is 0 Å². The summed E-state index contributed by atoms with van der Waals surface area (Å²) < 4.78 is 11.8. The second-order valence-electron chi connectivity index (χ2n) is 7.17. The summed E-state index contributed by atoms with van der Waals surface area (Å²) in [7, 11) is 1.68. The van der Waals surface area contributed by atoms with Crippen LogP contribution < -0.4 is 10.1 Å². The number of carbonyl (C=O) groups is 1. The van der Waals surface area contributed by atoms with Gasteiger partial charge in [0.25, 0.3) is 0 Å². The Bertz CT molecular complexity index is 845. The topological polar surface area (TPSA) is 67.8 Å². The average molecular weight is 339 g/mol. The Kier molecular flexibility index (Phi) is 3.51. The molecular formula is C20H21NO4. The SMILES string of the molecule is COc1cccc2c1[C@@H]1Nc3ccc(C(=O)O)cc3C(C)(C)[C@H]1OC2. The summed E-state index contributed by atoms with van der Waals surface area (Å²) in [6, 6.07) is 11.2. The summed E-state index contributed by atoms with van der Waals surface area (Å²) in [6.45, 7) is 4.74. The lowest BCUT2D eigenvalue weighted by atomic mass is 9.69. The lowest BCUT2D eigenvalue weighted by molar-refractivity contribution is -0.0330. The van der Waals surface area contributed by atoms with Crippen LogP contribution in [0.5, 0.6) is 5.75 Å². The summed E-state index contributed by atoms with van der Waals surface area (Å²) >= 11 is 0. The molecule has 4 rings (SSSR count). The van der Waals surface area contributed by atoms with E-state index in [1.54, 1.807) is 19.2 Å². The van der Waals surface area contributed by atoms with Crippen LogP contribution >= 0.6 is 0 Å². The summed E-state index contributed by atoms with van der Waals surface area (Å²) in [5.74, 6) is -0.0676. The third kappa shape index (κ3) is 2.30. The van der Waals surface area contributed by atoms with Crippen molar-refractivity contribution in [1.29, 1.82) is 0 Å². The first-order chi connectivity index (χ1) is 11.9. The van der Waals surface area contributed by atoms with E-state index in [1.807, 2.05) is 18.2 Å². The molecule has 5 nitrogen and oxygen atoms in total. The van der Waals surface area contributed by atoms with Gasteiger partial charge >= 0.3 is 5.97 Å². The van der Waals surface area contributed by atoms with Crippen LogP contribution in [0.2, 0.25) is 0 Å². The third-order valence-electron chi connectivity index (χ3n) is 5.39. The molecule has 0 aromatic heterocycles. The monoisotopic (exact) mass is 339 g/mol. The molecule has 0 spiro atoms. The second kappa shape index (κ2) is 5.49. The number of carboxylic acid groups (broad SMARTS) is 1. The standard InChI is InChI=1S/C20H21NO4/c1-20(2)13-9-11(19(22)23)7-8-14(13)21-17-16-12(10-25-18(17)20)5-4-6-15(16)24-3/h4-9,17-18,21H,10H2,1-3H3,(H,22,23)/t17-,18-/m0/s1. The number of anilines is 1. The molecule has 5 heteroatoms. The highest BCUT2D eigenvalue weighted by Crippen LogP contribution is 2.50. The Balaban J connectivity index is 1.87. The van der Waals surface area contributed by atoms with Gasteiger partial charge in [-0.1, -0.05) is 26.0 Å².